The Morgan fingerprint density at radius 1 is 1.00 bits per heavy atom. The van der Waals surface area contributed by atoms with E-state index in [1.165, 1.54) is 5.56 Å². The molecule has 2 heterocycles. The third kappa shape index (κ3) is 3.39. The second kappa shape index (κ2) is 6.68. The SMILES string of the molecule is O=C(NCc1ccc2c(c1)CCO2)N(Cc1ccc2c(c1)OCO2)C1CC1. The Labute approximate surface area is 158 Å². The molecule has 6 nitrogen and oxygen atoms in total. The van der Waals surface area contributed by atoms with Crippen LogP contribution in [0.1, 0.15) is 29.5 Å². The van der Waals surface area contributed by atoms with E-state index in [0.29, 0.717) is 19.1 Å². The number of ether oxygens (including phenoxy) is 3. The van der Waals surface area contributed by atoms with Crippen LogP contribution in [0.4, 0.5) is 4.79 Å². The lowest BCUT2D eigenvalue weighted by molar-refractivity contribution is 0.173. The van der Waals surface area contributed by atoms with Crippen LogP contribution in [-0.2, 0) is 19.5 Å². The molecule has 0 unspecified atom stereocenters. The van der Waals surface area contributed by atoms with Crippen LogP contribution < -0.4 is 19.5 Å². The maximum atomic E-state index is 12.8. The average Bonchev–Trinajstić information content (AvgIpc) is 3.23. The van der Waals surface area contributed by atoms with Crippen LogP contribution in [0.5, 0.6) is 17.2 Å². The molecule has 3 aliphatic rings. The summed E-state index contributed by atoms with van der Waals surface area (Å²) in [6, 6.07) is 12.3. The summed E-state index contributed by atoms with van der Waals surface area (Å²) < 4.78 is 16.3. The zero-order valence-electron chi connectivity index (χ0n) is 15.1. The molecule has 1 fully saturated rings. The molecular weight excluding hydrogens is 344 g/mol. The lowest BCUT2D eigenvalue weighted by atomic mass is 10.1. The maximum Gasteiger partial charge on any atom is 0.318 e. The van der Waals surface area contributed by atoms with Crippen LogP contribution in [0.15, 0.2) is 36.4 Å². The van der Waals surface area contributed by atoms with Gasteiger partial charge < -0.3 is 24.4 Å². The van der Waals surface area contributed by atoms with Gasteiger partial charge in [0.1, 0.15) is 5.75 Å². The number of amides is 2. The van der Waals surface area contributed by atoms with Crippen LogP contribution in [0, 0.1) is 0 Å². The van der Waals surface area contributed by atoms with E-state index in [4.69, 9.17) is 14.2 Å². The Hall–Kier alpha value is -2.89. The van der Waals surface area contributed by atoms with Gasteiger partial charge in [-0.05, 0) is 47.7 Å². The number of nitrogens with zero attached hydrogens (tertiary/aromatic N) is 1. The van der Waals surface area contributed by atoms with Crippen molar-refractivity contribution in [3.8, 4) is 17.2 Å². The van der Waals surface area contributed by atoms with Crippen molar-refractivity contribution in [3.05, 3.63) is 53.1 Å². The number of carbonyl (C=O) groups is 1. The second-order valence-corrected chi connectivity index (χ2v) is 7.25. The fraction of sp³-hybridized carbons (Fsp3) is 0.381. The quantitative estimate of drug-likeness (QED) is 0.883. The number of carbonyl (C=O) groups excluding carboxylic acids is 1. The topological polar surface area (TPSA) is 60.0 Å². The monoisotopic (exact) mass is 366 g/mol. The van der Waals surface area contributed by atoms with Gasteiger partial charge >= 0.3 is 6.03 Å². The molecule has 140 valence electrons. The lowest BCUT2D eigenvalue weighted by Gasteiger charge is -2.23. The summed E-state index contributed by atoms with van der Waals surface area (Å²) in [6.07, 6.45) is 3.07. The largest absolute Gasteiger partial charge is 0.493 e. The second-order valence-electron chi connectivity index (χ2n) is 7.25. The van der Waals surface area contributed by atoms with Crippen molar-refractivity contribution in [3.63, 3.8) is 0 Å². The van der Waals surface area contributed by atoms with Gasteiger partial charge in [0.05, 0.1) is 6.61 Å². The van der Waals surface area contributed by atoms with Gasteiger partial charge in [-0.2, -0.15) is 0 Å². The van der Waals surface area contributed by atoms with Crippen molar-refractivity contribution < 1.29 is 19.0 Å². The number of nitrogens with one attached hydrogen (secondary N) is 1. The van der Waals surface area contributed by atoms with Crippen LogP contribution in [-0.4, -0.2) is 30.4 Å². The van der Waals surface area contributed by atoms with E-state index in [-0.39, 0.29) is 12.8 Å². The van der Waals surface area contributed by atoms with Gasteiger partial charge in [-0.3, -0.25) is 0 Å². The fourth-order valence-corrected chi connectivity index (χ4v) is 3.62. The molecule has 2 aromatic carbocycles. The van der Waals surface area contributed by atoms with Crippen molar-refractivity contribution in [1.29, 1.82) is 0 Å². The highest BCUT2D eigenvalue weighted by Crippen LogP contribution is 2.34. The first-order valence-electron chi connectivity index (χ1n) is 9.44. The molecule has 0 radical (unpaired) electrons. The van der Waals surface area contributed by atoms with Gasteiger partial charge in [0.2, 0.25) is 6.79 Å². The van der Waals surface area contributed by atoms with E-state index in [0.717, 1.165) is 54.2 Å². The van der Waals surface area contributed by atoms with Crippen molar-refractivity contribution in [1.82, 2.24) is 10.2 Å². The highest BCUT2D eigenvalue weighted by molar-refractivity contribution is 5.75. The van der Waals surface area contributed by atoms with Crippen LogP contribution >= 0.6 is 0 Å². The van der Waals surface area contributed by atoms with Gasteiger partial charge in [-0.25, -0.2) is 4.79 Å². The van der Waals surface area contributed by atoms with Gasteiger partial charge in [0.25, 0.3) is 0 Å². The lowest BCUT2D eigenvalue weighted by Crippen LogP contribution is -2.40. The van der Waals surface area contributed by atoms with Crippen molar-refractivity contribution >= 4 is 6.03 Å². The zero-order chi connectivity index (χ0) is 18.2. The Kier molecular flexibility index (Phi) is 4.03. The minimum absolute atomic E-state index is 0.0214. The highest BCUT2D eigenvalue weighted by Gasteiger charge is 2.32. The van der Waals surface area contributed by atoms with Crippen molar-refractivity contribution in [2.45, 2.75) is 38.4 Å². The number of rotatable bonds is 5. The summed E-state index contributed by atoms with van der Waals surface area (Å²) in [7, 11) is 0. The summed E-state index contributed by atoms with van der Waals surface area (Å²) in [5.41, 5.74) is 3.38. The number of urea groups is 1. The van der Waals surface area contributed by atoms with E-state index in [2.05, 4.69) is 11.4 Å². The molecule has 2 amide bonds. The van der Waals surface area contributed by atoms with Crippen molar-refractivity contribution in [2.75, 3.05) is 13.4 Å². The summed E-state index contributed by atoms with van der Waals surface area (Å²) in [4.78, 5) is 14.7. The highest BCUT2D eigenvalue weighted by atomic mass is 16.7. The van der Waals surface area contributed by atoms with Gasteiger partial charge in [-0.15, -0.1) is 0 Å². The Morgan fingerprint density at radius 2 is 1.81 bits per heavy atom. The molecule has 2 aromatic rings. The molecule has 1 saturated carbocycles. The average molecular weight is 366 g/mol. The normalized spacial score (nSPS) is 16.6. The fourth-order valence-electron chi connectivity index (χ4n) is 3.62. The smallest absolute Gasteiger partial charge is 0.318 e. The van der Waals surface area contributed by atoms with E-state index in [9.17, 15) is 4.79 Å². The summed E-state index contributed by atoms with van der Waals surface area (Å²) in [5.74, 6) is 2.48. The molecule has 1 N–H and O–H groups in total. The molecule has 0 atom stereocenters. The van der Waals surface area contributed by atoms with E-state index in [1.807, 2.05) is 35.2 Å². The molecule has 0 bridgehead atoms. The molecule has 27 heavy (non-hydrogen) atoms. The molecule has 2 aliphatic heterocycles. The minimum atomic E-state index is -0.0214. The molecule has 1 aliphatic carbocycles. The van der Waals surface area contributed by atoms with E-state index < -0.39 is 0 Å². The summed E-state index contributed by atoms with van der Waals surface area (Å²) in [5, 5.41) is 3.07. The van der Waals surface area contributed by atoms with Crippen LogP contribution in [0.25, 0.3) is 0 Å². The van der Waals surface area contributed by atoms with Crippen LogP contribution in [0.3, 0.4) is 0 Å². The Morgan fingerprint density at radius 3 is 2.70 bits per heavy atom. The number of benzene rings is 2. The summed E-state index contributed by atoms with van der Waals surface area (Å²) >= 11 is 0. The third-order valence-electron chi connectivity index (χ3n) is 5.24. The minimum Gasteiger partial charge on any atom is -0.493 e. The Bertz CT molecular complexity index is 878. The molecule has 6 heteroatoms. The van der Waals surface area contributed by atoms with Gasteiger partial charge in [0, 0.05) is 25.6 Å². The molecule has 5 rings (SSSR count). The first kappa shape index (κ1) is 16.3. The van der Waals surface area contributed by atoms with Crippen molar-refractivity contribution in [2.24, 2.45) is 0 Å². The third-order valence-corrected chi connectivity index (χ3v) is 5.24. The van der Waals surface area contributed by atoms with E-state index in [1.54, 1.807) is 0 Å². The maximum absolute atomic E-state index is 12.8. The van der Waals surface area contributed by atoms with E-state index >= 15 is 0 Å². The Balaban J connectivity index is 1.24. The molecular formula is C21H22N2O4. The molecule has 0 spiro atoms. The molecule has 0 saturated heterocycles. The molecule has 0 aromatic heterocycles. The number of hydrogen-bond donors (Lipinski definition) is 1. The van der Waals surface area contributed by atoms with Crippen LogP contribution in [0.2, 0.25) is 0 Å². The predicted molar refractivity (Wildman–Crippen MR) is 99.0 cm³/mol. The predicted octanol–water partition coefficient (Wildman–Crippen LogP) is 3.22. The number of hydrogen-bond acceptors (Lipinski definition) is 4. The standard InChI is InChI=1S/C21H22N2O4/c24-21(22-11-14-1-5-18-16(9-14)7-8-25-18)23(17-3-4-17)12-15-2-6-19-20(10-15)27-13-26-19/h1-2,5-6,9-10,17H,3-4,7-8,11-13H2,(H,22,24). The summed E-state index contributed by atoms with van der Waals surface area (Å²) in [6.45, 7) is 2.11. The number of fused-ring (bicyclic) bond motifs is 2. The van der Waals surface area contributed by atoms with Gasteiger partial charge in [-0.1, -0.05) is 18.2 Å². The van der Waals surface area contributed by atoms with Gasteiger partial charge in [0.15, 0.2) is 11.5 Å². The first-order chi connectivity index (χ1) is 13.3. The first-order valence-corrected chi connectivity index (χ1v) is 9.44. The zero-order valence-corrected chi connectivity index (χ0v) is 15.1.